The van der Waals surface area contributed by atoms with Gasteiger partial charge in [-0.15, -0.1) is 0 Å². The monoisotopic (exact) mass is 515 g/mol. The second-order valence-electron chi connectivity index (χ2n) is 11.0. The zero-order valence-corrected chi connectivity index (χ0v) is 23.4. The highest BCUT2D eigenvalue weighted by Crippen LogP contribution is 2.49. The number of rotatable bonds is 6. The van der Waals surface area contributed by atoms with E-state index in [4.69, 9.17) is 4.99 Å². The van der Waals surface area contributed by atoms with E-state index in [2.05, 4.69) is 137 Å². The van der Waals surface area contributed by atoms with E-state index in [1.165, 1.54) is 38.9 Å². The highest BCUT2D eigenvalue weighted by atomic mass is 14.8. The van der Waals surface area contributed by atoms with Crippen molar-refractivity contribution in [2.75, 3.05) is 0 Å². The molecule has 0 heterocycles. The summed E-state index contributed by atoms with van der Waals surface area (Å²) < 4.78 is 0. The molecule has 0 radical (unpaired) electrons. The third-order valence-electron chi connectivity index (χ3n) is 8.02. The van der Waals surface area contributed by atoms with E-state index >= 15 is 0 Å². The predicted octanol–water partition coefficient (Wildman–Crippen LogP) is 10.2. The Morgan fingerprint density at radius 3 is 1.95 bits per heavy atom. The van der Waals surface area contributed by atoms with Crippen molar-refractivity contribution in [2.24, 2.45) is 4.99 Å². The summed E-state index contributed by atoms with van der Waals surface area (Å²) in [5, 5.41) is 0. The van der Waals surface area contributed by atoms with Crippen molar-refractivity contribution >= 4 is 17.0 Å². The Bertz CT molecular complexity index is 1770. The van der Waals surface area contributed by atoms with Crippen molar-refractivity contribution in [3.05, 3.63) is 168 Å². The van der Waals surface area contributed by atoms with Gasteiger partial charge < -0.3 is 0 Å². The third-order valence-corrected chi connectivity index (χ3v) is 8.02. The summed E-state index contributed by atoms with van der Waals surface area (Å²) in [5.41, 5.74) is 13.9. The maximum Gasteiger partial charge on any atom is 0.0712 e. The number of hydrogen-bond donors (Lipinski definition) is 0. The fourth-order valence-corrected chi connectivity index (χ4v) is 5.77. The molecule has 5 aromatic rings. The van der Waals surface area contributed by atoms with Crippen molar-refractivity contribution in [2.45, 2.75) is 26.2 Å². The molecule has 0 atom stereocenters. The maximum absolute atomic E-state index is 5.07. The molecule has 0 spiro atoms. The van der Waals surface area contributed by atoms with Crippen LogP contribution in [0, 0.1) is 0 Å². The number of aliphatic imine (C=N–C) groups is 1. The number of allylic oxidation sites excluding steroid dienone is 2. The van der Waals surface area contributed by atoms with Crippen molar-refractivity contribution in [3.8, 4) is 22.3 Å². The molecule has 1 aliphatic carbocycles. The molecular weight excluding hydrogens is 482 g/mol. The lowest BCUT2D eigenvalue weighted by Gasteiger charge is -2.21. The lowest BCUT2D eigenvalue weighted by molar-refractivity contribution is 0.660. The van der Waals surface area contributed by atoms with Gasteiger partial charge in [0, 0.05) is 11.0 Å². The first kappa shape index (κ1) is 25.5. The van der Waals surface area contributed by atoms with Crippen LogP contribution in [-0.4, -0.2) is 5.71 Å². The summed E-state index contributed by atoms with van der Waals surface area (Å²) in [4.78, 5) is 5.07. The largest absolute Gasteiger partial charge is 0.248 e. The average molecular weight is 516 g/mol. The van der Waals surface area contributed by atoms with Crippen LogP contribution < -0.4 is 0 Å². The van der Waals surface area contributed by atoms with Gasteiger partial charge in [-0.05, 0) is 75.2 Å². The van der Waals surface area contributed by atoms with Crippen molar-refractivity contribution in [1.82, 2.24) is 0 Å². The van der Waals surface area contributed by atoms with Gasteiger partial charge in [0.25, 0.3) is 0 Å². The first-order valence-electron chi connectivity index (χ1n) is 13.8. The van der Waals surface area contributed by atoms with Gasteiger partial charge in [-0.1, -0.05) is 136 Å². The molecule has 0 N–H and O–H groups in total. The first-order valence-corrected chi connectivity index (χ1v) is 13.8. The quantitative estimate of drug-likeness (QED) is 0.199. The Labute approximate surface area is 237 Å². The number of hydrogen-bond acceptors (Lipinski definition) is 1. The molecule has 40 heavy (non-hydrogen) atoms. The van der Waals surface area contributed by atoms with Crippen molar-refractivity contribution < 1.29 is 0 Å². The smallest absolute Gasteiger partial charge is 0.0712 e. The molecule has 0 bridgehead atoms. The molecule has 1 aliphatic rings. The molecule has 0 saturated carbocycles. The Kier molecular flexibility index (Phi) is 6.66. The van der Waals surface area contributed by atoms with E-state index in [0.29, 0.717) is 0 Å². The van der Waals surface area contributed by atoms with Crippen LogP contribution in [0.1, 0.15) is 48.6 Å². The SMILES string of the molecule is C=C(N=C(/C=C(\C)c1ccccc1)c1cccc(-c2ccc3c(c2)-c2ccccc2C3(C)C)c1)c1ccccc1. The topological polar surface area (TPSA) is 12.4 Å². The minimum atomic E-state index is 0.00366. The van der Waals surface area contributed by atoms with Gasteiger partial charge >= 0.3 is 0 Å². The van der Waals surface area contributed by atoms with Crippen molar-refractivity contribution in [3.63, 3.8) is 0 Å². The highest BCUT2D eigenvalue weighted by Gasteiger charge is 2.35. The molecule has 1 heteroatoms. The highest BCUT2D eigenvalue weighted by molar-refractivity contribution is 6.14. The summed E-state index contributed by atoms with van der Waals surface area (Å²) in [6.07, 6.45) is 2.17. The summed E-state index contributed by atoms with van der Waals surface area (Å²) in [6, 6.07) is 45.0. The molecule has 5 aromatic carbocycles. The van der Waals surface area contributed by atoms with Gasteiger partial charge in [-0.25, -0.2) is 4.99 Å². The molecule has 0 saturated heterocycles. The van der Waals surface area contributed by atoms with E-state index in [-0.39, 0.29) is 5.41 Å². The van der Waals surface area contributed by atoms with Crippen LogP contribution in [0.4, 0.5) is 0 Å². The van der Waals surface area contributed by atoms with Crippen LogP contribution in [0.25, 0.3) is 33.5 Å². The normalized spacial score (nSPS) is 14.0. The van der Waals surface area contributed by atoms with E-state index < -0.39 is 0 Å². The Morgan fingerprint density at radius 2 is 1.20 bits per heavy atom. The van der Waals surface area contributed by atoms with Gasteiger partial charge in [0.15, 0.2) is 0 Å². The lowest BCUT2D eigenvalue weighted by atomic mass is 9.82. The van der Waals surface area contributed by atoms with Crippen LogP contribution in [-0.2, 0) is 5.41 Å². The zero-order valence-electron chi connectivity index (χ0n) is 23.4. The van der Waals surface area contributed by atoms with Crippen LogP contribution >= 0.6 is 0 Å². The Hall–Kier alpha value is -4.75. The second kappa shape index (κ2) is 10.4. The van der Waals surface area contributed by atoms with Crippen LogP contribution in [0.2, 0.25) is 0 Å². The summed E-state index contributed by atoms with van der Waals surface area (Å²) in [5.74, 6) is 0. The molecule has 0 aromatic heterocycles. The second-order valence-corrected chi connectivity index (χ2v) is 11.0. The molecule has 194 valence electrons. The van der Waals surface area contributed by atoms with E-state index in [1.807, 2.05) is 24.3 Å². The summed E-state index contributed by atoms with van der Waals surface area (Å²) in [6.45, 7) is 11.1. The molecule has 6 rings (SSSR count). The van der Waals surface area contributed by atoms with Crippen LogP contribution in [0.5, 0.6) is 0 Å². The zero-order chi connectivity index (χ0) is 27.7. The predicted molar refractivity (Wildman–Crippen MR) is 172 cm³/mol. The molecule has 0 aliphatic heterocycles. The minimum Gasteiger partial charge on any atom is -0.248 e. The number of fused-ring (bicyclic) bond motifs is 3. The van der Waals surface area contributed by atoms with Gasteiger partial charge in [-0.3, -0.25) is 0 Å². The lowest BCUT2D eigenvalue weighted by Crippen LogP contribution is -2.14. The van der Waals surface area contributed by atoms with E-state index in [1.54, 1.807) is 0 Å². The fraction of sp³-hybridized carbons (Fsp3) is 0.103. The first-order chi connectivity index (χ1) is 19.4. The van der Waals surface area contributed by atoms with Gasteiger partial charge in [0.1, 0.15) is 0 Å². The van der Waals surface area contributed by atoms with Gasteiger partial charge in [-0.2, -0.15) is 0 Å². The van der Waals surface area contributed by atoms with Crippen LogP contribution in [0.3, 0.4) is 0 Å². The fourth-order valence-electron chi connectivity index (χ4n) is 5.77. The Balaban J connectivity index is 1.44. The number of benzene rings is 5. The molecule has 0 unspecified atom stereocenters. The van der Waals surface area contributed by atoms with Gasteiger partial charge in [0.2, 0.25) is 0 Å². The summed E-state index contributed by atoms with van der Waals surface area (Å²) in [7, 11) is 0. The molecule has 0 amide bonds. The Morgan fingerprint density at radius 1 is 0.600 bits per heavy atom. The maximum atomic E-state index is 5.07. The molecule has 0 fully saturated rings. The standard InChI is InChI=1S/C39H33N/c1-27(29-14-7-5-8-15-29)24-38(40-28(2)30-16-9-6-10-17-30)33-19-13-18-31(25-33)32-22-23-37-35(26-32)34-20-11-12-21-36(34)39(37,3)4/h5-26H,2H2,1,3-4H3/b27-24+,40-38?. The third kappa shape index (κ3) is 4.76. The van der Waals surface area contributed by atoms with Crippen molar-refractivity contribution in [1.29, 1.82) is 0 Å². The number of nitrogens with zero attached hydrogens (tertiary/aromatic N) is 1. The average Bonchev–Trinajstić information content (AvgIpc) is 3.23. The van der Waals surface area contributed by atoms with E-state index in [9.17, 15) is 0 Å². The van der Waals surface area contributed by atoms with Crippen LogP contribution in [0.15, 0.2) is 145 Å². The molecule has 1 nitrogen and oxygen atoms in total. The van der Waals surface area contributed by atoms with E-state index in [0.717, 1.165) is 28.1 Å². The minimum absolute atomic E-state index is 0.00366. The molecular formula is C39H33N. The van der Waals surface area contributed by atoms with Gasteiger partial charge in [0.05, 0.1) is 11.4 Å². The summed E-state index contributed by atoms with van der Waals surface area (Å²) >= 11 is 0.